The fourth-order valence-corrected chi connectivity index (χ4v) is 7.10. The minimum Gasteiger partial charge on any atom is -0.481 e. The molecule has 2 bridgehead atoms. The van der Waals surface area contributed by atoms with Crippen LogP contribution in [0.15, 0.2) is 36.4 Å². The lowest BCUT2D eigenvalue weighted by atomic mass is 9.39. The van der Waals surface area contributed by atoms with Crippen LogP contribution in [0.5, 0.6) is 11.5 Å². The number of anilines is 1. The van der Waals surface area contributed by atoms with Crippen molar-refractivity contribution in [3.8, 4) is 17.2 Å². The van der Waals surface area contributed by atoms with Crippen molar-refractivity contribution < 1.29 is 45.7 Å². The summed E-state index contributed by atoms with van der Waals surface area (Å²) in [7, 11) is 0. The molecule has 4 aliphatic carbocycles. The van der Waals surface area contributed by atoms with Gasteiger partial charge in [0.05, 0.1) is 28.5 Å². The minimum atomic E-state index is -4.72. The van der Waals surface area contributed by atoms with Gasteiger partial charge in [0.1, 0.15) is 5.82 Å². The molecule has 1 aliphatic heterocycles. The maximum Gasteiger partial charge on any atom is 0.586 e. The van der Waals surface area contributed by atoms with Crippen molar-refractivity contribution in [2.24, 2.45) is 5.41 Å². The van der Waals surface area contributed by atoms with Gasteiger partial charge in [-0.25, -0.2) is 9.07 Å². The van der Waals surface area contributed by atoms with Crippen molar-refractivity contribution in [1.29, 1.82) is 0 Å². The molecule has 2 heterocycles. The average Bonchev–Trinajstić information content (AvgIpc) is 3.42. The summed E-state index contributed by atoms with van der Waals surface area (Å²) in [6.45, 7) is 1.66. The third-order valence-electron chi connectivity index (χ3n) is 9.00. The van der Waals surface area contributed by atoms with Gasteiger partial charge in [-0.3, -0.25) is 4.79 Å². The van der Waals surface area contributed by atoms with Crippen LogP contribution in [-0.2, 0) is 17.4 Å². The summed E-state index contributed by atoms with van der Waals surface area (Å²) in [6, 6.07) is 6.84. The van der Waals surface area contributed by atoms with Gasteiger partial charge in [0, 0.05) is 17.1 Å². The molecule has 0 saturated heterocycles. The van der Waals surface area contributed by atoms with E-state index in [1.54, 1.807) is 6.92 Å². The van der Waals surface area contributed by atoms with Gasteiger partial charge in [0.15, 0.2) is 17.2 Å². The highest BCUT2D eigenvalue weighted by Gasteiger charge is 2.72. The fraction of sp³-hybridized carbons (Fsp3) is 0.448. The van der Waals surface area contributed by atoms with Crippen molar-refractivity contribution in [1.82, 2.24) is 15.1 Å². The van der Waals surface area contributed by atoms with E-state index in [0.29, 0.717) is 43.4 Å². The Morgan fingerprint density at radius 3 is 2.53 bits per heavy atom. The number of hydrogen-bond acceptors (Lipinski definition) is 6. The third-order valence-corrected chi connectivity index (χ3v) is 9.00. The average molecular weight is 609 g/mol. The molecule has 5 aliphatic rings. The van der Waals surface area contributed by atoms with Gasteiger partial charge in [-0.2, -0.15) is 18.3 Å². The monoisotopic (exact) mass is 608 g/mol. The van der Waals surface area contributed by atoms with Gasteiger partial charge in [0.2, 0.25) is 0 Å². The molecule has 2 atom stereocenters. The third kappa shape index (κ3) is 4.48. The van der Waals surface area contributed by atoms with E-state index in [9.17, 15) is 36.2 Å². The van der Waals surface area contributed by atoms with E-state index < -0.39 is 53.0 Å². The minimum absolute atomic E-state index is 0.0334. The number of alkyl halides is 5. The normalized spacial score (nSPS) is 27.1. The van der Waals surface area contributed by atoms with Crippen LogP contribution >= 0.6 is 0 Å². The lowest BCUT2D eigenvalue weighted by molar-refractivity contribution is -0.286. The fourth-order valence-electron chi connectivity index (χ4n) is 7.10. The Balaban J connectivity index is 1.20. The van der Waals surface area contributed by atoms with Crippen molar-refractivity contribution in [2.75, 3.05) is 5.32 Å². The van der Waals surface area contributed by atoms with Crippen LogP contribution in [0.3, 0.4) is 0 Å². The summed E-state index contributed by atoms with van der Waals surface area (Å²) in [6.07, 6.45) is -6.06. The number of hydrogen-bond donors (Lipinski definition) is 3. The van der Waals surface area contributed by atoms with Gasteiger partial charge in [-0.15, -0.1) is 8.78 Å². The summed E-state index contributed by atoms with van der Waals surface area (Å²) in [5.41, 5.74) is -1.16. The number of rotatable bonds is 7. The molecule has 3 aromatic rings. The van der Waals surface area contributed by atoms with Gasteiger partial charge >= 0.3 is 18.4 Å². The quantitative estimate of drug-likeness (QED) is 0.264. The Hall–Kier alpha value is -3.94. The van der Waals surface area contributed by atoms with E-state index in [2.05, 4.69) is 25.2 Å². The molecular weight excluding hydrogens is 582 g/mol. The molecule has 8 nitrogen and oxygen atoms in total. The number of aliphatic carboxylic acids is 1. The Kier molecular flexibility index (Phi) is 5.86. The largest absolute Gasteiger partial charge is 0.586 e. The van der Waals surface area contributed by atoms with Crippen LogP contribution in [0.2, 0.25) is 0 Å². The van der Waals surface area contributed by atoms with Crippen LogP contribution in [0.1, 0.15) is 73.6 Å². The number of halogens is 6. The zero-order valence-corrected chi connectivity index (χ0v) is 22.7. The number of fused-ring (bicyclic) bond motifs is 2. The molecule has 0 spiro atoms. The summed E-state index contributed by atoms with van der Waals surface area (Å²) in [5, 5.41) is 19.9. The predicted molar refractivity (Wildman–Crippen MR) is 139 cm³/mol. The number of carbonyl (C=O) groups is 1. The highest BCUT2D eigenvalue weighted by molar-refractivity contribution is 5.80. The topological polar surface area (TPSA) is 97.6 Å². The molecule has 3 saturated carbocycles. The highest BCUT2D eigenvalue weighted by atomic mass is 19.4. The number of aromatic nitrogens is 2. The Bertz CT molecular complexity index is 1630. The zero-order chi connectivity index (χ0) is 30.5. The Morgan fingerprint density at radius 2 is 1.84 bits per heavy atom. The van der Waals surface area contributed by atoms with Crippen molar-refractivity contribution in [2.45, 2.75) is 75.5 Å². The van der Waals surface area contributed by atoms with Crippen LogP contribution in [0.4, 0.5) is 32.0 Å². The highest BCUT2D eigenvalue weighted by Crippen LogP contribution is 2.68. The van der Waals surface area contributed by atoms with Crippen LogP contribution in [-0.4, -0.2) is 32.7 Å². The second-order valence-corrected chi connectivity index (χ2v) is 12.0. The van der Waals surface area contributed by atoms with Gasteiger partial charge < -0.3 is 25.2 Å². The van der Waals surface area contributed by atoms with E-state index in [1.807, 2.05) is 0 Å². The molecule has 0 amide bonds. The van der Waals surface area contributed by atoms with Gasteiger partial charge in [-0.1, -0.05) is 6.07 Å². The summed E-state index contributed by atoms with van der Waals surface area (Å²) < 4.78 is 94.4. The lowest BCUT2D eigenvalue weighted by Gasteiger charge is -2.69. The maximum absolute atomic E-state index is 15.0. The number of nitrogens with one attached hydrogen (secondary N) is 2. The molecule has 0 radical (unpaired) electrons. The zero-order valence-electron chi connectivity index (χ0n) is 22.7. The van der Waals surface area contributed by atoms with Gasteiger partial charge in [0.25, 0.3) is 0 Å². The maximum atomic E-state index is 15.0. The molecule has 3 N–H and O–H groups in total. The first kappa shape index (κ1) is 27.9. The molecule has 0 unspecified atom stereocenters. The molecule has 1 aromatic heterocycles. The van der Waals surface area contributed by atoms with E-state index in [0.717, 1.165) is 6.07 Å². The standard InChI is InChI=1S/C29H26F6N4O4/c1-14(15-5-8-21-22(9-15)43-29(34,35)42-21)36-20-10-16(6-7-18(20)30)39-23-17(24(38-39)28(31,32)33)3-2-4-19(23)37-27-11-26(12-27,13-27)25(40)41/h5-10,14,19,36-37H,2-4,11-13H2,1H3,(H,40,41)/t14-,19+,26?,27?/m0/s1. The summed E-state index contributed by atoms with van der Waals surface area (Å²) >= 11 is 0. The lowest BCUT2D eigenvalue weighted by Crippen LogP contribution is -2.76. The molecule has 43 heavy (non-hydrogen) atoms. The first-order chi connectivity index (χ1) is 20.2. The molecule has 14 heteroatoms. The second kappa shape index (κ2) is 9.04. The molecule has 3 fully saturated rings. The Labute approximate surface area is 241 Å². The molecular formula is C29H26F6N4O4. The predicted octanol–water partition coefficient (Wildman–Crippen LogP) is 6.50. The SMILES string of the molecule is C[C@H](Nc1cc(-n2nc(C(F)(F)F)c3c2[C@H](NC24CC(C(=O)O)(C2)C4)CCC3)ccc1F)c1ccc2c(c1)OC(F)(F)O2. The second-order valence-electron chi connectivity index (χ2n) is 12.0. The number of benzene rings is 2. The van der Waals surface area contributed by atoms with E-state index in [-0.39, 0.29) is 34.9 Å². The first-order valence-corrected chi connectivity index (χ1v) is 13.8. The van der Waals surface area contributed by atoms with Crippen LogP contribution in [0, 0.1) is 11.2 Å². The number of carboxylic acid groups (broad SMARTS) is 1. The van der Waals surface area contributed by atoms with E-state index in [1.165, 1.54) is 35.0 Å². The number of ether oxygens (including phenoxy) is 2. The van der Waals surface area contributed by atoms with E-state index in [4.69, 9.17) is 0 Å². The smallest absolute Gasteiger partial charge is 0.481 e. The van der Waals surface area contributed by atoms with Crippen molar-refractivity contribution >= 4 is 11.7 Å². The molecule has 2 aromatic carbocycles. The molecule has 8 rings (SSSR count). The summed E-state index contributed by atoms with van der Waals surface area (Å²) in [4.78, 5) is 11.6. The number of carboxylic acids is 1. The van der Waals surface area contributed by atoms with Gasteiger partial charge in [-0.05, 0) is 81.3 Å². The van der Waals surface area contributed by atoms with Crippen molar-refractivity contribution in [3.05, 3.63) is 64.7 Å². The first-order valence-electron chi connectivity index (χ1n) is 13.8. The van der Waals surface area contributed by atoms with Crippen LogP contribution < -0.4 is 20.1 Å². The number of nitrogens with zero attached hydrogens (tertiary/aromatic N) is 2. The van der Waals surface area contributed by atoms with Crippen molar-refractivity contribution in [3.63, 3.8) is 0 Å². The summed E-state index contributed by atoms with van der Waals surface area (Å²) in [5.74, 6) is -1.85. The van der Waals surface area contributed by atoms with Crippen LogP contribution in [0.25, 0.3) is 5.69 Å². The van der Waals surface area contributed by atoms with E-state index >= 15 is 0 Å². The molecule has 228 valence electrons. The Morgan fingerprint density at radius 1 is 1.12 bits per heavy atom.